The molecule has 1 spiro atoms. The summed E-state index contributed by atoms with van der Waals surface area (Å²) >= 11 is 0. The van der Waals surface area contributed by atoms with E-state index in [0.29, 0.717) is 44.1 Å². The van der Waals surface area contributed by atoms with Gasteiger partial charge in [0.2, 0.25) is 11.8 Å². The Morgan fingerprint density at radius 2 is 1.69 bits per heavy atom. The second-order valence-corrected chi connectivity index (χ2v) is 23.4. The Morgan fingerprint density at radius 1 is 0.956 bits per heavy atom. The summed E-state index contributed by atoms with van der Waals surface area (Å²) in [7, 11) is 0. The van der Waals surface area contributed by atoms with Crippen molar-refractivity contribution >= 4 is 29.8 Å². The molecule has 0 aromatic heterocycles. The maximum Gasteiger partial charge on any atom is 0.327 e. The number of carbonyl (C=O) groups excluding carboxylic acids is 4. The molecule has 366 valence electrons. The number of nitrogens with zero attached hydrogens (tertiary/aromatic N) is 2. The lowest BCUT2D eigenvalue weighted by atomic mass is 9.52. The number of esters is 2. The second kappa shape index (κ2) is 16.7. The van der Waals surface area contributed by atoms with E-state index in [9.17, 15) is 19.5 Å². The van der Waals surface area contributed by atoms with E-state index in [-0.39, 0.29) is 48.8 Å². The number of hydrogen-bond donors (Lipinski definition) is 2. The highest BCUT2D eigenvalue weighted by molar-refractivity contribution is 5.96. The molecule has 11 rings (SSSR count). The lowest BCUT2D eigenvalue weighted by molar-refractivity contribution is -0.218. The van der Waals surface area contributed by atoms with Crippen LogP contribution in [0.15, 0.2) is 54.1 Å². The molecule has 5 aliphatic heterocycles. The van der Waals surface area contributed by atoms with Crippen molar-refractivity contribution in [3.05, 3.63) is 76.4 Å². The Balaban J connectivity index is 0.904. The van der Waals surface area contributed by atoms with Crippen molar-refractivity contribution in [3.63, 3.8) is 0 Å². The molecule has 68 heavy (non-hydrogen) atoms. The number of nitrogens with one attached hydrogen (secondary N) is 1. The maximum absolute atomic E-state index is 15.8. The molecule has 0 radical (unpaired) electrons. The summed E-state index contributed by atoms with van der Waals surface area (Å²) in [5.74, 6) is -1.71. The fraction of sp³-hybridized carbons (Fsp3) is 0.667. The van der Waals surface area contributed by atoms with Crippen LogP contribution >= 0.6 is 0 Å². The molecule has 14 heteroatoms. The first-order chi connectivity index (χ1) is 32.4. The fourth-order valence-corrected chi connectivity index (χ4v) is 13.9. The monoisotopic (exact) mass is 935 g/mol. The molecule has 2 aromatic rings. The summed E-state index contributed by atoms with van der Waals surface area (Å²) in [6, 6.07) is 13.7. The molecule has 14 nitrogen and oxygen atoms in total. The number of benzene rings is 2. The molecule has 8 fully saturated rings. The van der Waals surface area contributed by atoms with Gasteiger partial charge in [-0.25, -0.2) is 0 Å². The molecular formula is C54H69N3O11. The van der Waals surface area contributed by atoms with Gasteiger partial charge in [0.15, 0.2) is 11.8 Å². The number of ether oxygens (including phenoxy) is 5. The zero-order valence-electron chi connectivity index (χ0n) is 40.5. The third-order valence-corrected chi connectivity index (χ3v) is 17.3. The number of amides is 2. The molecule has 2 bridgehead atoms. The Kier molecular flexibility index (Phi) is 11.4. The number of aliphatic hydroxyl groups excluding tert-OH is 1. The minimum absolute atomic E-state index is 0.00482. The second-order valence-electron chi connectivity index (χ2n) is 23.4. The van der Waals surface area contributed by atoms with Crippen LogP contribution in [0.4, 0.5) is 0 Å². The Bertz CT molecular complexity index is 2370. The molecule has 5 heterocycles. The minimum atomic E-state index is -1.47. The van der Waals surface area contributed by atoms with Crippen LogP contribution in [-0.2, 0) is 67.1 Å². The van der Waals surface area contributed by atoms with Gasteiger partial charge in [0, 0.05) is 32.2 Å². The minimum Gasteiger partial charge on any atom is -0.460 e. The average molecular weight is 936 g/mol. The highest BCUT2D eigenvalue weighted by atomic mass is 16.8. The summed E-state index contributed by atoms with van der Waals surface area (Å²) in [5.41, 5.74) is 3.81. The summed E-state index contributed by atoms with van der Waals surface area (Å²) < 4.78 is 32.1. The topological polar surface area (TPSA) is 166 Å². The van der Waals surface area contributed by atoms with Crippen LogP contribution in [0.25, 0.3) is 6.08 Å². The molecule has 1 unspecified atom stereocenters. The largest absolute Gasteiger partial charge is 0.460 e. The van der Waals surface area contributed by atoms with E-state index < -0.39 is 83.8 Å². The van der Waals surface area contributed by atoms with Gasteiger partial charge in [0.1, 0.15) is 41.5 Å². The SMILES string of the molecule is CC(C)(C)OC(=O)CC[C@@H](CO)NC(=O)[C@H]1CCCN1C(=O)[C@@]12C[C@H]3OC(=O)[C@@H]1N(Cc1ccccc1C=C1CCC4O[C@]4(C)CC[C@@H]4[C@@H]1CC4(C)C)O[C@@H]2[C@H]1OC2(Cc4ccccc4C2)O[C@H]13. The molecule has 4 aliphatic carbocycles. The summed E-state index contributed by atoms with van der Waals surface area (Å²) in [6.45, 7) is 12.5. The standard InChI is InChI=1S/C54H69N3O11/c1-50(2,3)65-42(59)20-18-36(30-58)55-47(60)39-16-11-23-56(39)49(62)54-28-40-43-44(67-53(66-43)25-33-13-8-9-14-34(33)26-53)46(54)68-57(45(54)48(61)63-40)29-35-15-10-7-12-31(35)24-32-17-19-41-52(6,64-41)22-21-38-37(32)27-51(38,4)5/h7-10,12-15,24,36-41,43-46,58H,11,16-23,25-30H2,1-6H3,(H,55,60)/t36-,37+,38+,39+,40+,41?,43-,44-,45-,46+,52+,54-/m0/s1. The van der Waals surface area contributed by atoms with Crippen LogP contribution < -0.4 is 5.32 Å². The first-order valence-corrected chi connectivity index (χ1v) is 25.4. The van der Waals surface area contributed by atoms with Crippen molar-refractivity contribution in [1.82, 2.24) is 15.3 Å². The van der Waals surface area contributed by atoms with Crippen molar-refractivity contribution in [2.45, 2.75) is 191 Å². The zero-order valence-corrected chi connectivity index (χ0v) is 40.5. The molecular weight excluding hydrogens is 867 g/mol. The number of epoxide rings is 1. The van der Waals surface area contributed by atoms with Crippen molar-refractivity contribution in [3.8, 4) is 0 Å². The normalized spacial score (nSPS) is 37.1. The lowest BCUT2D eigenvalue weighted by Crippen LogP contribution is -2.70. The smallest absolute Gasteiger partial charge is 0.327 e. The van der Waals surface area contributed by atoms with Gasteiger partial charge in [-0.15, -0.1) is 0 Å². The van der Waals surface area contributed by atoms with Crippen molar-refractivity contribution in [2.24, 2.45) is 22.7 Å². The van der Waals surface area contributed by atoms with Gasteiger partial charge in [-0.05, 0) is 119 Å². The Hall–Kier alpha value is -4.18. The molecule has 2 amide bonds. The van der Waals surface area contributed by atoms with E-state index in [2.05, 4.69) is 56.4 Å². The Morgan fingerprint density at radius 3 is 2.43 bits per heavy atom. The number of hydrogen-bond acceptors (Lipinski definition) is 12. The van der Waals surface area contributed by atoms with Crippen LogP contribution in [0.3, 0.4) is 0 Å². The van der Waals surface area contributed by atoms with Gasteiger partial charge in [0.25, 0.3) is 0 Å². The van der Waals surface area contributed by atoms with Gasteiger partial charge in [-0.1, -0.05) is 74.0 Å². The number of aliphatic hydroxyl groups is 1. The van der Waals surface area contributed by atoms with Crippen LogP contribution in [0.5, 0.6) is 0 Å². The molecule has 9 aliphatic rings. The molecule has 5 saturated heterocycles. The van der Waals surface area contributed by atoms with Crippen LogP contribution in [0.1, 0.15) is 128 Å². The van der Waals surface area contributed by atoms with Crippen LogP contribution in [0, 0.1) is 22.7 Å². The highest BCUT2D eigenvalue weighted by Gasteiger charge is 2.77. The predicted molar refractivity (Wildman–Crippen MR) is 248 cm³/mol. The molecule has 2 N–H and O–H groups in total. The van der Waals surface area contributed by atoms with E-state index >= 15 is 4.79 Å². The number of fused-ring (bicyclic) bond motifs is 7. The van der Waals surface area contributed by atoms with Gasteiger partial charge < -0.3 is 39.0 Å². The van der Waals surface area contributed by atoms with E-state index in [1.807, 2.05) is 24.3 Å². The van der Waals surface area contributed by atoms with E-state index in [0.717, 1.165) is 54.4 Å². The average Bonchev–Trinajstić information content (AvgIpc) is 3.81. The maximum atomic E-state index is 15.8. The van der Waals surface area contributed by atoms with Crippen LogP contribution in [-0.4, -0.2) is 118 Å². The quantitative estimate of drug-likeness (QED) is 0.207. The third kappa shape index (κ3) is 7.93. The first kappa shape index (κ1) is 46.2. The summed E-state index contributed by atoms with van der Waals surface area (Å²) in [5, 5.41) is 14.9. The predicted octanol–water partition coefficient (Wildman–Crippen LogP) is 6.13. The summed E-state index contributed by atoms with van der Waals surface area (Å²) in [6.07, 6.45) is 7.14. The fourth-order valence-electron chi connectivity index (χ4n) is 13.9. The third-order valence-electron chi connectivity index (χ3n) is 17.3. The van der Waals surface area contributed by atoms with Gasteiger partial charge in [-0.2, -0.15) is 5.06 Å². The molecule has 3 saturated carbocycles. The van der Waals surface area contributed by atoms with Gasteiger partial charge in [-0.3, -0.25) is 24.0 Å². The number of hydroxylamine groups is 2. The number of carbonyl (C=O) groups is 4. The van der Waals surface area contributed by atoms with Gasteiger partial charge >= 0.3 is 11.9 Å². The number of rotatable bonds is 10. The van der Waals surface area contributed by atoms with Crippen molar-refractivity contribution in [1.29, 1.82) is 0 Å². The van der Waals surface area contributed by atoms with Gasteiger partial charge in [0.05, 0.1) is 30.9 Å². The van der Waals surface area contributed by atoms with E-state index in [4.69, 9.17) is 28.5 Å². The summed E-state index contributed by atoms with van der Waals surface area (Å²) in [4.78, 5) is 66.1. The Labute approximate surface area is 399 Å². The van der Waals surface area contributed by atoms with Crippen molar-refractivity contribution < 1.29 is 52.8 Å². The molecule has 2 aromatic carbocycles. The van der Waals surface area contributed by atoms with E-state index in [1.54, 1.807) is 30.7 Å². The van der Waals surface area contributed by atoms with Crippen LogP contribution in [0.2, 0.25) is 0 Å². The molecule has 12 atom stereocenters. The van der Waals surface area contributed by atoms with E-state index in [1.165, 1.54) is 5.57 Å². The zero-order chi connectivity index (χ0) is 47.5. The number of likely N-dealkylation sites (tertiary alicyclic amines) is 1. The lowest BCUT2D eigenvalue weighted by Gasteiger charge is -2.53. The highest BCUT2D eigenvalue weighted by Crippen LogP contribution is 2.61. The van der Waals surface area contributed by atoms with Crippen molar-refractivity contribution in [2.75, 3.05) is 13.2 Å². The first-order valence-electron chi connectivity index (χ1n) is 25.4. The number of allylic oxidation sites excluding steroid dienone is 1.